The zero-order valence-electron chi connectivity index (χ0n) is 5.20. The topological polar surface area (TPSA) is 26.0 Å². The molecule has 0 aromatic heterocycles. The van der Waals surface area contributed by atoms with E-state index >= 15 is 0 Å². The van der Waals surface area contributed by atoms with Crippen molar-refractivity contribution in [2.75, 3.05) is 0 Å². The van der Waals surface area contributed by atoms with Gasteiger partial charge >= 0.3 is 0 Å². The number of hydrogen-bond donors (Lipinski definition) is 1. The van der Waals surface area contributed by atoms with E-state index in [1.54, 1.807) is 0 Å². The zero-order valence-corrected chi connectivity index (χ0v) is 5.20. The summed E-state index contributed by atoms with van der Waals surface area (Å²) in [7, 11) is 0. The molecule has 1 radical (unpaired) electrons. The van der Waals surface area contributed by atoms with Gasteiger partial charge in [-0.1, -0.05) is 0 Å². The van der Waals surface area contributed by atoms with Gasteiger partial charge < -0.3 is 5.73 Å². The van der Waals surface area contributed by atoms with Gasteiger partial charge in [-0.3, -0.25) is 0 Å². The zero-order chi connectivity index (χ0) is 7.56. The van der Waals surface area contributed by atoms with Crippen molar-refractivity contribution < 1.29 is 8.78 Å². The maximum absolute atomic E-state index is 12.5. The molecule has 0 spiro atoms. The predicted octanol–water partition coefficient (Wildman–Crippen LogP) is 1.22. The van der Waals surface area contributed by atoms with Crippen LogP contribution in [0.4, 0.5) is 8.78 Å². The van der Waals surface area contributed by atoms with Crippen LogP contribution >= 0.6 is 0 Å². The lowest BCUT2D eigenvalue weighted by Crippen LogP contribution is -1.99. The Hall–Kier alpha value is -0.960. The molecule has 10 heavy (non-hydrogen) atoms. The summed E-state index contributed by atoms with van der Waals surface area (Å²) in [5.74, 6) is -1.09. The number of halogens is 2. The fourth-order valence-corrected chi connectivity index (χ4v) is 0.645. The van der Waals surface area contributed by atoms with Crippen LogP contribution in [0.25, 0.3) is 0 Å². The third kappa shape index (κ3) is 1.30. The smallest absolute Gasteiger partial charge is 0.131 e. The molecule has 3 heteroatoms. The van der Waals surface area contributed by atoms with Gasteiger partial charge in [-0.2, -0.15) is 0 Å². The van der Waals surface area contributed by atoms with Crippen molar-refractivity contribution in [1.29, 1.82) is 0 Å². The molecule has 0 fully saturated rings. The summed E-state index contributed by atoms with van der Waals surface area (Å²) in [6.07, 6.45) is 0. The van der Waals surface area contributed by atoms with E-state index in [1.807, 2.05) is 0 Å². The van der Waals surface area contributed by atoms with E-state index in [2.05, 4.69) is 6.07 Å². The fourth-order valence-electron chi connectivity index (χ4n) is 0.645. The van der Waals surface area contributed by atoms with Crippen molar-refractivity contribution in [3.05, 3.63) is 35.4 Å². The second-order valence-electron chi connectivity index (χ2n) is 1.86. The molecule has 2 N–H and O–H groups in total. The Bertz CT molecular complexity index is 235. The number of hydrogen-bond acceptors (Lipinski definition) is 1. The Balaban J connectivity index is 3.09. The Labute approximate surface area is 57.5 Å². The van der Waals surface area contributed by atoms with Gasteiger partial charge in [0.05, 0.1) is 0 Å². The minimum atomic E-state index is -0.582. The highest BCUT2D eigenvalue weighted by Gasteiger charge is 2.00. The van der Waals surface area contributed by atoms with Gasteiger partial charge in [0.25, 0.3) is 0 Å². The van der Waals surface area contributed by atoms with Crippen LogP contribution < -0.4 is 5.73 Å². The average Bonchev–Trinajstić information content (AvgIpc) is 1.94. The first-order valence-electron chi connectivity index (χ1n) is 2.79. The third-order valence-corrected chi connectivity index (χ3v) is 1.16. The summed E-state index contributed by atoms with van der Waals surface area (Å²) in [5, 5.41) is 0. The molecule has 0 aliphatic rings. The molecule has 1 aromatic carbocycles. The lowest BCUT2D eigenvalue weighted by Gasteiger charge is -1.96. The first-order chi connectivity index (χ1) is 4.74. The summed E-state index contributed by atoms with van der Waals surface area (Å²) >= 11 is 0. The van der Waals surface area contributed by atoms with Gasteiger partial charge in [0.15, 0.2) is 0 Å². The van der Waals surface area contributed by atoms with E-state index in [0.717, 1.165) is 12.1 Å². The van der Waals surface area contributed by atoms with E-state index in [0.29, 0.717) is 0 Å². The molecular formula is C7H6F2N. The van der Waals surface area contributed by atoms with Crippen LogP contribution in [0.5, 0.6) is 0 Å². The third-order valence-electron chi connectivity index (χ3n) is 1.16. The van der Waals surface area contributed by atoms with Crippen molar-refractivity contribution in [3.8, 4) is 0 Å². The van der Waals surface area contributed by atoms with Gasteiger partial charge in [0, 0.05) is 18.2 Å². The molecule has 1 nitrogen and oxygen atoms in total. The van der Waals surface area contributed by atoms with Crippen molar-refractivity contribution in [3.63, 3.8) is 0 Å². The minimum Gasteiger partial charge on any atom is -0.326 e. The highest BCUT2D eigenvalue weighted by Crippen LogP contribution is 2.07. The van der Waals surface area contributed by atoms with Crippen LogP contribution in [0.2, 0.25) is 0 Å². The highest BCUT2D eigenvalue weighted by atomic mass is 19.1. The van der Waals surface area contributed by atoms with E-state index in [1.165, 1.54) is 0 Å². The minimum absolute atomic E-state index is 0.0113. The molecule has 0 amide bonds. The Morgan fingerprint density at radius 2 is 2.20 bits per heavy atom. The largest absolute Gasteiger partial charge is 0.326 e. The second kappa shape index (κ2) is 2.75. The number of benzene rings is 1. The van der Waals surface area contributed by atoms with Crippen LogP contribution in [-0.2, 0) is 6.54 Å². The van der Waals surface area contributed by atoms with Gasteiger partial charge in [-0.05, 0) is 12.1 Å². The van der Waals surface area contributed by atoms with Gasteiger partial charge in [0.2, 0.25) is 0 Å². The first-order valence-corrected chi connectivity index (χ1v) is 2.79. The quantitative estimate of drug-likeness (QED) is 0.626. The van der Waals surface area contributed by atoms with E-state index in [9.17, 15) is 8.78 Å². The molecule has 1 rings (SSSR count). The van der Waals surface area contributed by atoms with Gasteiger partial charge in [0.1, 0.15) is 11.6 Å². The number of nitrogens with two attached hydrogens (primary N) is 1. The maximum atomic E-state index is 12.5. The van der Waals surface area contributed by atoms with Crippen LogP contribution in [0.1, 0.15) is 5.56 Å². The Morgan fingerprint density at radius 1 is 1.50 bits per heavy atom. The lowest BCUT2D eigenvalue weighted by atomic mass is 10.2. The molecule has 0 aliphatic carbocycles. The highest BCUT2D eigenvalue weighted by molar-refractivity contribution is 5.17. The summed E-state index contributed by atoms with van der Waals surface area (Å²) in [5.41, 5.74) is 5.28. The standard InChI is InChI=1S/C7H6F2N/c8-6-1-2-7(9)5(3-6)4-10/h2-3H,4,10H2. The van der Waals surface area contributed by atoms with Gasteiger partial charge in [-0.25, -0.2) is 8.78 Å². The van der Waals surface area contributed by atoms with E-state index < -0.39 is 11.6 Å². The average molecular weight is 142 g/mol. The summed E-state index contributed by atoms with van der Waals surface area (Å²) in [6.45, 7) is 0.0113. The van der Waals surface area contributed by atoms with Crippen molar-refractivity contribution in [2.24, 2.45) is 5.73 Å². The van der Waals surface area contributed by atoms with Gasteiger partial charge in [-0.15, -0.1) is 0 Å². The molecule has 1 aromatic rings. The maximum Gasteiger partial charge on any atom is 0.131 e. The molecular weight excluding hydrogens is 136 g/mol. The van der Waals surface area contributed by atoms with Crippen LogP contribution in [0, 0.1) is 17.7 Å². The fraction of sp³-hybridized carbons (Fsp3) is 0.143. The van der Waals surface area contributed by atoms with Crippen LogP contribution in [0.15, 0.2) is 12.1 Å². The van der Waals surface area contributed by atoms with Crippen molar-refractivity contribution in [2.45, 2.75) is 6.54 Å². The molecule has 0 unspecified atom stereocenters. The summed E-state index contributed by atoms with van der Waals surface area (Å²) in [4.78, 5) is 0. The summed E-state index contributed by atoms with van der Waals surface area (Å²) < 4.78 is 24.7. The SMILES string of the molecule is NCc1cc(F)[c]cc1F. The lowest BCUT2D eigenvalue weighted by molar-refractivity contribution is 0.584. The van der Waals surface area contributed by atoms with Crippen LogP contribution in [0.3, 0.4) is 0 Å². The van der Waals surface area contributed by atoms with E-state index in [-0.39, 0.29) is 12.1 Å². The van der Waals surface area contributed by atoms with Crippen molar-refractivity contribution >= 4 is 0 Å². The monoisotopic (exact) mass is 142 g/mol. The molecule has 0 saturated carbocycles. The molecule has 0 aliphatic heterocycles. The molecule has 0 bridgehead atoms. The van der Waals surface area contributed by atoms with Crippen LogP contribution in [-0.4, -0.2) is 0 Å². The van der Waals surface area contributed by atoms with Crippen molar-refractivity contribution in [1.82, 2.24) is 0 Å². The normalized spacial score (nSPS) is 9.90. The molecule has 0 atom stereocenters. The summed E-state index contributed by atoms with van der Waals surface area (Å²) in [6, 6.07) is 4.06. The Kier molecular flexibility index (Phi) is 1.97. The number of rotatable bonds is 1. The molecule has 0 heterocycles. The Morgan fingerprint density at radius 3 is 2.70 bits per heavy atom. The van der Waals surface area contributed by atoms with E-state index in [4.69, 9.17) is 5.73 Å². The predicted molar refractivity (Wildman–Crippen MR) is 33.1 cm³/mol. The molecule has 53 valence electrons. The second-order valence-corrected chi connectivity index (χ2v) is 1.86. The first kappa shape index (κ1) is 7.15. The molecule has 0 saturated heterocycles.